The number of unbranched alkanes of at least 4 members (excludes halogenated alkanes) is 8. The molecule has 0 aliphatic carbocycles. The lowest BCUT2D eigenvalue weighted by Gasteiger charge is -2.00. The maximum atomic E-state index is 10.9. The second-order valence-electron chi connectivity index (χ2n) is 4.79. The number of hydrogen-bond donors (Lipinski definition) is 0. The lowest BCUT2D eigenvalue weighted by Crippen LogP contribution is -1.86. The van der Waals surface area contributed by atoms with Gasteiger partial charge in [-0.25, -0.2) is 0 Å². The SMILES string of the molecule is CCCCCCCCCCC[C@@H]1CS1=O. The zero-order valence-electron chi connectivity index (χ0n) is 10.2. The average molecular weight is 230 g/mol. The summed E-state index contributed by atoms with van der Waals surface area (Å²) in [5, 5.41) is 0.592. The Morgan fingerprint density at radius 3 is 1.87 bits per heavy atom. The molecular weight excluding hydrogens is 204 g/mol. The third kappa shape index (κ3) is 7.10. The van der Waals surface area contributed by atoms with Gasteiger partial charge in [0.2, 0.25) is 0 Å². The molecule has 1 unspecified atom stereocenters. The Morgan fingerprint density at radius 1 is 0.933 bits per heavy atom. The van der Waals surface area contributed by atoms with Crippen molar-refractivity contribution in [2.45, 2.75) is 76.4 Å². The topological polar surface area (TPSA) is 17.1 Å². The Labute approximate surface area is 97.5 Å². The van der Waals surface area contributed by atoms with E-state index >= 15 is 0 Å². The third-order valence-electron chi connectivity index (χ3n) is 3.24. The van der Waals surface area contributed by atoms with Gasteiger partial charge < -0.3 is 0 Å². The highest BCUT2D eigenvalue weighted by molar-refractivity contribution is 7.92. The minimum atomic E-state index is -0.412. The van der Waals surface area contributed by atoms with Crippen LogP contribution >= 0.6 is 0 Å². The van der Waals surface area contributed by atoms with E-state index in [1.54, 1.807) is 0 Å². The Hall–Kier alpha value is 0.150. The van der Waals surface area contributed by atoms with Crippen LogP contribution in [0.2, 0.25) is 0 Å². The van der Waals surface area contributed by atoms with Gasteiger partial charge >= 0.3 is 0 Å². The maximum absolute atomic E-state index is 10.9. The van der Waals surface area contributed by atoms with Crippen LogP contribution in [0.4, 0.5) is 0 Å². The standard InChI is InChI=1S/C13H26OS/c1-2-3-4-5-6-7-8-9-10-11-13-12-15(13)14/h13H,2-12H2,1H3/t13-,15?/m1/s1. The largest absolute Gasteiger partial charge is 0.259 e. The predicted octanol–water partition coefficient (Wildman–Crippen LogP) is 4.04. The molecule has 2 heteroatoms. The van der Waals surface area contributed by atoms with E-state index in [1.807, 2.05) is 0 Å². The van der Waals surface area contributed by atoms with Gasteiger partial charge in [-0.2, -0.15) is 0 Å². The molecule has 90 valence electrons. The molecule has 0 saturated carbocycles. The van der Waals surface area contributed by atoms with Crippen LogP contribution in [-0.2, 0) is 10.8 Å². The first-order valence-electron chi connectivity index (χ1n) is 6.71. The molecule has 1 saturated heterocycles. The Bertz CT molecular complexity index is 179. The Balaban J connectivity index is 1.68. The van der Waals surface area contributed by atoms with Crippen molar-refractivity contribution in [1.29, 1.82) is 0 Å². The van der Waals surface area contributed by atoms with Crippen LogP contribution in [0.3, 0.4) is 0 Å². The third-order valence-corrected chi connectivity index (χ3v) is 4.68. The van der Waals surface area contributed by atoms with Crippen LogP contribution in [0.15, 0.2) is 0 Å². The van der Waals surface area contributed by atoms with E-state index in [0.717, 1.165) is 5.75 Å². The van der Waals surface area contributed by atoms with E-state index in [0.29, 0.717) is 5.25 Å². The second kappa shape index (κ2) is 8.32. The summed E-state index contributed by atoms with van der Waals surface area (Å²) in [7, 11) is -0.412. The van der Waals surface area contributed by atoms with Crippen molar-refractivity contribution < 1.29 is 4.21 Å². The van der Waals surface area contributed by atoms with Gasteiger partial charge in [0.05, 0.1) is 0 Å². The van der Waals surface area contributed by atoms with Gasteiger partial charge in [0.15, 0.2) is 0 Å². The van der Waals surface area contributed by atoms with E-state index in [2.05, 4.69) is 6.92 Å². The summed E-state index contributed by atoms with van der Waals surface area (Å²) in [5.74, 6) is 0.997. The second-order valence-corrected chi connectivity index (χ2v) is 6.55. The molecule has 0 aromatic carbocycles. The molecule has 2 atom stereocenters. The van der Waals surface area contributed by atoms with Gasteiger partial charge in [-0.1, -0.05) is 64.7 Å². The molecule has 15 heavy (non-hydrogen) atoms. The van der Waals surface area contributed by atoms with Crippen LogP contribution in [0.25, 0.3) is 0 Å². The average Bonchev–Trinajstić information content (AvgIpc) is 2.92. The minimum Gasteiger partial charge on any atom is -0.259 e. The first-order valence-corrected chi connectivity index (χ1v) is 8.10. The molecule has 1 rings (SSSR count). The summed E-state index contributed by atoms with van der Waals surface area (Å²) in [6.45, 7) is 2.27. The summed E-state index contributed by atoms with van der Waals surface area (Å²) in [5.41, 5.74) is 0. The maximum Gasteiger partial charge on any atom is 0.0463 e. The highest BCUT2D eigenvalue weighted by Crippen LogP contribution is 2.22. The molecule has 0 radical (unpaired) electrons. The van der Waals surface area contributed by atoms with Crippen LogP contribution in [0.5, 0.6) is 0 Å². The molecule has 0 aromatic rings. The number of rotatable bonds is 10. The van der Waals surface area contributed by atoms with Gasteiger partial charge in [-0.05, 0) is 6.42 Å². The molecule has 0 N–H and O–H groups in total. The molecule has 1 aliphatic rings. The summed E-state index contributed by atoms with van der Waals surface area (Å²) in [4.78, 5) is 0. The van der Waals surface area contributed by atoms with Crippen LogP contribution < -0.4 is 0 Å². The first kappa shape index (κ1) is 13.2. The fraction of sp³-hybridized carbons (Fsp3) is 1.00. The lowest BCUT2D eigenvalue weighted by atomic mass is 10.1. The molecule has 1 heterocycles. The fourth-order valence-corrected chi connectivity index (χ4v) is 3.09. The first-order chi connectivity index (χ1) is 7.34. The van der Waals surface area contributed by atoms with Crippen LogP contribution in [-0.4, -0.2) is 15.2 Å². The van der Waals surface area contributed by atoms with Crippen molar-refractivity contribution in [1.82, 2.24) is 0 Å². The number of hydrogen-bond acceptors (Lipinski definition) is 1. The fourth-order valence-electron chi connectivity index (χ4n) is 2.04. The normalized spacial score (nSPS) is 24.3. The van der Waals surface area contributed by atoms with Crippen LogP contribution in [0.1, 0.15) is 71.1 Å². The zero-order valence-corrected chi connectivity index (χ0v) is 11.0. The van der Waals surface area contributed by atoms with E-state index < -0.39 is 10.8 Å². The van der Waals surface area contributed by atoms with Gasteiger partial charge in [-0.3, -0.25) is 4.21 Å². The van der Waals surface area contributed by atoms with Crippen molar-refractivity contribution in [3.8, 4) is 0 Å². The highest BCUT2D eigenvalue weighted by atomic mass is 32.2. The van der Waals surface area contributed by atoms with Crippen molar-refractivity contribution in [2.75, 3.05) is 5.75 Å². The van der Waals surface area contributed by atoms with Gasteiger partial charge in [0, 0.05) is 21.8 Å². The molecule has 0 spiro atoms. The van der Waals surface area contributed by atoms with Crippen molar-refractivity contribution in [2.24, 2.45) is 0 Å². The molecule has 1 fully saturated rings. The van der Waals surface area contributed by atoms with Crippen molar-refractivity contribution >= 4 is 10.8 Å². The Morgan fingerprint density at radius 2 is 1.40 bits per heavy atom. The smallest absolute Gasteiger partial charge is 0.0463 e. The molecule has 1 aliphatic heterocycles. The van der Waals surface area contributed by atoms with Crippen LogP contribution in [0, 0.1) is 0 Å². The lowest BCUT2D eigenvalue weighted by molar-refractivity contribution is 0.559. The molecular formula is C13H26OS. The molecule has 1 nitrogen and oxygen atoms in total. The Kier molecular flexibility index (Phi) is 7.33. The van der Waals surface area contributed by atoms with E-state index in [-0.39, 0.29) is 0 Å². The minimum absolute atomic E-state index is 0.412. The van der Waals surface area contributed by atoms with Gasteiger partial charge in [0.25, 0.3) is 0 Å². The van der Waals surface area contributed by atoms with E-state index in [9.17, 15) is 4.21 Å². The summed E-state index contributed by atoms with van der Waals surface area (Å²) in [6, 6.07) is 0. The molecule has 0 bridgehead atoms. The van der Waals surface area contributed by atoms with Crippen molar-refractivity contribution in [3.05, 3.63) is 0 Å². The summed E-state index contributed by atoms with van der Waals surface area (Å²) in [6.07, 6.45) is 13.7. The highest BCUT2D eigenvalue weighted by Gasteiger charge is 2.31. The molecule has 0 aromatic heterocycles. The van der Waals surface area contributed by atoms with Crippen molar-refractivity contribution in [3.63, 3.8) is 0 Å². The summed E-state index contributed by atoms with van der Waals surface area (Å²) >= 11 is 0. The molecule has 0 amide bonds. The monoisotopic (exact) mass is 230 g/mol. The predicted molar refractivity (Wildman–Crippen MR) is 68.6 cm³/mol. The van der Waals surface area contributed by atoms with E-state index in [4.69, 9.17) is 0 Å². The summed E-state index contributed by atoms with van der Waals surface area (Å²) < 4.78 is 10.9. The quantitative estimate of drug-likeness (QED) is 0.409. The van der Waals surface area contributed by atoms with Gasteiger partial charge in [0.1, 0.15) is 0 Å². The zero-order chi connectivity index (χ0) is 10.9. The van der Waals surface area contributed by atoms with E-state index in [1.165, 1.54) is 64.2 Å². The van der Waals surface area contributed by atoms with Gasteiger partial charge in [-0.15, -0.1) is 0 Å².